The summed E-state index contributed by atoms with van der Waals surface area (Å²) >= 11 is 1.93. The van der Waals surface area contributed by atoms with Gasteiger partial charge in [-0.15, -0.1) is 0 Å². The lowest BCUT2D eigenvalue weighted by Gasteiger charge is -2.17. The van der Waals surface area contributed by atoms with Crippen molar-refractivity contribution in [3.8, 4) is 5.75 Å². The molecular formula is C13H22N2OS. The summed E-state index contributed by atoms with van der Waals surface area (Å²) in [6.45, 7) is 4.45. The second-order valence-electron chi connectivity index (χ2n) is 4.42. The Morgan fingerprint density at radius 1 is 1.24 bits per heavy atom. The highest BCUT2D eigenvalue weighted by Crippen LogP contribution is 2.21. The summed E-state index contributed by atoms with van der Waals surface area (Å²) in [6.07, 6.45) is 0. The van der Waals surface area contributed by atoms with Crippen LogP contribution < -0.4 is 16.0 Å². The van der Waals surface area contributed by atoms with Gasteiger partial charge in [-0.05, 0) is 29.4 Å². The maximum absolute atomic E-state index is 5.60. The number of nitrogens with one attached hydrogen (secondary N) is 1. The number of thioether (sulfide) groups is 1. The van der Waals surface area contributed by atoms with Gasteiger partial charge < -0.3 is 4.74 Å². The Morgan fingerprint density at radius 3 is 2.35 bits per heavy atom. The number of benzene rings is 1. The highest BCUT2D eigenvalue weighted by atomic mass is 32.2. The zero-order valence-electron chi connectivity index (χ0n) is 10.8. The molecule has 4 heteroatoms. The molecule has 0 aliphatic rings. The maximum atomic E-state index is 5.60. The first-order valence-corrected chi connectivity index (χ1v) is 7.00. The Bertz CT molecular complexity index is 314. The molecule has 3 nitrogen and oxygen atoms in total. The van der Waals surface area contributed by atoms with Crippen LogP contribution in [0.15, 0.2) is 24.3 Å². The second-order valence-corrected chi connectivity index (χ2v) is 5.50. The monoisotopic (exact) mass is 254 g/mol. The Labute approximate surface area is 108 Å². The standard InChI is InChI=1S/C13H22N2OS/c1-10(2)8-17-9-13(15-14)11-4-6-12(16-3)7-5-11/h4-7,10,13,15H,8-9,14H2,1-3H3. The normalized spacial score (nSPS) is 12.8. The number of hydrogen-bond donors (Lipinski definition) is 2. The summed E-state index contributed by atoms with van der Waals surface area (Å²) in [5.41, 5.74) is 4.07. The molecule has 0 bridgehead atoms. The van der Waals surface area contributed by atoms with Gasteiger partial charge in [-0.25, -0.2) is 0 Å². The highest BCUT2D eigenvalue weighted by molar-refractivity contribution is 7.99. The first kappa shape index (κ1) is 14.4. The molecule has 0 fully saturated rings. The van der Waals surface area contributed by atoms with E-state index in [9.17, 15) is 0 Å². The van der Waals surface area contributed by atoms with Crippen molar-refractivity contribution in [1.82, 2.24) is 5.43 Å². The van der Waals surface area contributed by atoms with Crippen LogP contribution >= 0.6 is 11.8 Å². The quantitative estimate of drug-likeness (QED) is 0.580. The lowest BCUT2D eigenvalue weighted by atomic mass is 10.1. The third kappa shape index (κ3) is 4.98. The van der Waals surface area contributed by atoms with Crippen LogP contribution in [-0.2, 0) is 0 Å². The topological polar surface area (TPSA) is 47.3 Å². The smallest absolute Gasteiger partial charge is 0.118 e. The van der Waals surface area contributed by atoms with E-state index in [0.717, 1.165) is 17.3 Å². The Hall–Kier alpha value is -0.710. The molecule has 3 N–H and O–H groups in total. The average Bonchev–Trinajstić information content (AvgIpc) is 2.34. The second kappa shape index (κ2) is 7.58. The number of rotatable bonds is 7. The van der Waals surface area contributed by atoms with Crippen LogP contribution in [0.3, 0.4) is 0 Å². The number of methoxy groups -OCH3 is 1. The van der Waals surface area contributed by atoms with Crippen LogP contribution in [0, 0.1) is 5.92 Å². The van der Waals surface area contributed by atoms with Gasteiger partial charge in [0.05, 0.1) is 13.2 Å². The van der Waals surface area contributed by atoms with E-state index in [1.807, 2.05) is 23.9 Å². The molecule has 0 saturated carbocycles. The van der Waals surface area contributed by atoms with E-state index in [1.165, 1.54) is 5.56 Å². The fourth-order valence-electron chi connectivity index (χ4n) is 1.50. The molecule has 17 heavy (non-hydrogen) atoms. The van der Waals surface area contributed by atoms with Gasteiger partial charge in [-0.3, -0.25) is 11.3 Å². The summed E-state index contributed by atoms with van der Waals surface area (Å²) in [6, 6.07) is 8.24. The van der Waals surface area contributed by atoms with Crippen LogP contribution in [-0.4, -0.2) is 18.6 Å². The van der Waals surface area contributed by atoms with E-state index < -0.39 is 0 Å². The molecule has 0 amide bonds. The van der Waals surface area contributed by atoms with Crippen LogP contribution in [0.1, 0.15) is 25.5 Å². The number of hydrazine groups is 1. The largest absolute Gasteiger partial charge is 0.497 e. The van der Waals surface area contributed by atoms with Gasteiger partial charge in [-0.1, -0.05) is 26.0 Å². The van der Waals surface area contributed by atoms with Crippen molar-refractivity contribution in [1.29, 1.82) is 0 Å². The van der Waals surface area contributed by atoms with Gasteiger partial charge in [0.1, 0.15) is 5.75 Å². The van der Waals surface area contributed by atoms with Crippen molar-refractivity contribution in [2.75, 3.05) is 18.6 Å². The first-order chi connectivity index (χ1) is 8.17. The van der Waals surface area contributed by atoms with Crippen LogP contribution in [0.5, 0.6) is 5.75 Å². The summed E-state index contributed by atoms with van der Waals surface area (Å²) in [5, 5.41) is 0. The van der Waals surface area contributed by atoms with Crippen molar-refractivity contribution >= 4 is 11.8 Å². The molecule has 0 aliphatic carbocycles. The molecular weight excluding hydrogens is 232 g/mol. The average molecular weight is 254 g/mol. The Balaban J connectivity index is 2.53. The molecule has 0 saturated heterocycles. The van der Waals surface area contributed by atoms with Crippen LogP contribution in [0.2, 0.25) is 0 Å². The van der Waals surface area contributed by atoms with Crippen molar-refractivity contribution in [2.24, 2.45) is 11.8 Å². The summed E-state index contributed by atoms with van der Waals surface area (Å²) in [4.78, 5) is 0. The highest BCUT2D eigenvalue weighted by Gasteiger charge is 2.10. The maximum Gasteiger partial charge on any atom is 0.118 e. The summed E-state index contributed by atoms with van der Waals surface area (Å²) < 4.78 is 5.14. The molecule has 0 aromatic heterocycles. The lowest BCUT2D eigenvalue weighted by Crippen LogP contribution is -2.29. The van der Waals surface area contributed by atoms with Gasteiger partial charge in [-0.2, -0.15) is 11.8 Å². The SMILES string of the molecule is COc1ccc(C(CSCC(C)C)NN)cc1. The number of hydrogen-bond acceptors (Lipinski definition) is 4. The predicted molar refractivity (Wildman–Crippen MR) is 75.2 cm³/mol. The van der Waals surface area contributed by atoms with Gasteiger partial charge >= 0.3 is 0 Å². The molecule has 1 rings (SSSR count). The fraction of sp³-hybridized carbons (Fsp3) is 0.538. The number of nitrogens with two attached hydrogens (primary N) is 1. The molecule has 1 aromatic rings. The van der Waals surface area contributed by atoms with Gasteiger partial charge in [0, 0.05) is 5.75 Å². The van der Waals surface area contributed by atoms with Crippen molar-refractivity contribution < 1.29 is 4.74 Å². The lowest BCUT2D eigenvalue weighted by molar-refractivity contribution is 0.414. The molecule has 0 heterocycles. The van der Waals surface area contributed by atoms with Crippen LogP contribution in [0.25, 0.3) is 0 Å². The minimum atomic E-state index is 0.199. The summed E-state index contributed by atoms with van der Waals surface area (Å²) in [7, 11) is 1.67. The van der Waals surface area contributed by atoms with Gasteiger partial charge in [0.2, 0.25) is 0 Å². The van der Waals surface area contributed by atoms with Gasteiger partial charge in [0.25, 0.3) is 0 Å². The Kier molecular flexibility index (Phi) is 6.40. The molecule has 0 spiro atoms. The van der Waals surface area contributed by atoms with E-state index in [1.54, 1.807) is 7.11 Å². The molecule has 1 atom stereocenters. The van der Waals surface area contributed by atoms with E-state index in [0.29, 0.717) is 5.92 Å². The molecule has 1 aromatic carbocycles. The van der Waals surface area contributed by atoms with Crippen molar-refractivity contribution in [2.45, 2.75) is 19.9 Å². The molecule has 1 unspecified atom stereocenters. The Morgan fingerprint density at radius 2 is 1.88 bits per heavy atom. The zero-order valence-corrected chi connectivity index (χ0v) is 11.6. The van der Waals surface area contributed by atoms with Crippen molar-refractivity contribution in [3.63, 3.8) is 0 Å². The van der Waals surface area contributed by atoms with E-state index >= 15 is 0 Å². The number of ether oxygens (including phenoxy) is 1. The third-order valence-electron chi connectivity index (χ3n) is 2.46. The fourth-order valence-corrected chi connectivity index (χ4v) is 2.63. The molecule has 0 aliphatic heterocycles. The third-order valence-corrected chi connectivity index (χ3v) is 3.93. The minimum absolute atomic E-state index is 0.199. The van der Waals surface area contributed by atoms with E-state index in [2.05, 4.69) is 31.4 Å². The zero-order chi connectivity index (χ0) is 12.7. The van der Waals surface area contributed by atoms with Crippen molar-refractivity contribution in [3.05, 3.63) is 29.8 Å². The molecule has 0 radical (unpaired) electrons. The van der Waals surface area contributed by atoms with Crippen LogP contribution in [0.4, 0.5) is 0 Å². The molecule has 96 valence electrons. The predicted octanol–water partition coefficient (Wildman–Crippen LogP) is 2.59. The summed E-state index contributed by atoms with van der Waals surface area (Å²) in [5.74, 6) is 9.34. The minimum Gasteiger partial charge on any atom is -0.497 e. The van der Waals surface area contributed by atoms with E-state index in [4.69, 9.17) is 10.6 Å². The first-order valence-electron chi connectivity index (χ1n) is 5.85. The van der Waals surface area contributed by atoms with Gasteiger partial charge in [0.15, 0.2) is 0 Å². The van der Waals surface area contributed by atoms with E-state index in [-0.39, 0.29) is 6.04 Å².